The molecule has 119 heavy (non-hydrogen) atoms. The second-order valence-corrected chi connectivity index (χ2v) is 28.5. The zero-order chi connectivity index (χ0) is 85.9. The van der Waals surface area contributed by atoms with Crippen LogP contribution in [0.25, 0.3) is 28.0 Å². The predicted molar refractivity (Wildman–Crippen MR) is 411 cm³/mol. The number of Topliss-reactive ketones (excluding diaryl/α,β-unsaturated/α-hetero) is 1. The number of aliphatic hydroxyl groups is 9. The lowest BCUT2D eigenvalue weighted by Crippen LogP contribution is -2.64. The van der Waals surface area contributed by atoms with Crippen LogP contribution in [0.2, 0.25) is 0 Å². The Hall–Kier alpha value is -7.42. The quantitative estimate of drug-likeness (QED) is 0.0190. The monoisotopic (exact) mass is 1700 g/mol. The number of carbonyl (C=O) groups excluding carboxylic acids is 6. The number of nitrogens with one attached hydrogen (secondary N) is 5. The number of pyridine rings is 1. The van der Waals surface area contributed by atoms with Crippen LogP contribution in [0.4, 0.5) is 4.39 Å². The first kappa shape index (κ1) is 98.7. The van der Waals surface area contributed by atoms with Crippen molar-refractivity contribution in [2.24, 2.45) is 17.3 Å². The molecule has 2 aromatic carbocycles. The van der Waals surface area contributed by atoms with Crippen molar-refractivity contribution in [3.63, 3.8) is 0 Å². The van der Waals surface area contributed by atoms with E-state index in [-0.39, 0.29) is 204 Å². The Morgan fingerprint density at radius 1 is 0.496 bits per heavy atom. The number of nitrogens with zero attached hydrogens (tertiary/aromatic N) is 4. The number of hydrogen-bond acceptors (Lipinski definition) is 35. The number of phenolic OH excluding ortho intramolecular Hbond substituents is 1. The Kier molecular flexibility index (Phi) is 44.9. The highest BCUT2D eigenvalue weighted by molar-refractivity contribution is 5.86. The number of aromatic nitrogens is 4. The number of amides is 5. The molecule has 670 valence electrons. The Balaban J connectivity index is 0.882. The van der Waals surface area contributed by atoms with Gasteiger partial charge in [0.15, 0.2) is 36.2 Å². The third-order valence-corrected chi connectivity index (χ3v) is 19.1. The lowest BCUT2D eigenvalue weighted by molar-refractivity contribution is -0.284. The molecule has 3 aliphatic heterocycles. The van der Waals surface area contributed by atoms with Gasteiger partial charge in [-0.25, -0.2) is 14.1 Å². The van der Waals surface area contributed by atoms with Crippen LogP contribution in [-0.2, 0) is 99.8 Å². The van der Waals surface area contributed by atoms with E-state index in [1.54, 1.807) is 44.3 Å². The molecule has 16 atom stereocenters. The molecule has 2 aromatic heterocycles. The first-order valence-corrected chi connectivity index (χ1v) is 39.7. The average Bonchev–Trinajstić information content (AvgIpc) is 1.72. The maximum atomic E-state index is 14.1. The maximum Gasteiger partial charge on any atom is 0.222 e. The van der Waals surface area contributed by atoms with Crippen LogP contribution in [0.15, 0.2) is 54.7 Å². The Morgan fingerprint density at radius 3 is 1.43 bits per heavy atom. The van der Waals surface area contributed by atoms with Gasteiger partial charge in [0.05, 0.1) is 207 Å². The summed E-state index contributed by atoms with van der Waals surface area (Å²) in [5.74, 6) is -4.52. The summed E-state index contributed by atoms with van der Waals surface area (Å²) in [5, 5.41) is 122. The zero-order valence-electron chi connectivity index (χ0n) is 67.2. The fourth-order valence-corrected chi connectivity index (χ4v) is 12.4. The highest BCUT2D eigenvalue weighted by Gasteiger charge is 2.47. The molecule has 3 fully saturated rings. The second kappa shape index (κ2) is 54.2. The van der Waals surface area contributed by atoms with Crippen LogP contribution in [0, 0.1) is 23.1 Å². The van der Waals surface area contributed by atoms with Crippen molar-refractivity contribution in [1.29, 1.82) is 0 Å². The molecule has 5 amide bonds. The number of ketones is 1. The molecule has 3 aliphatic rings. The summed E-state index contributed by atoms with van der Waals surface area (Å²) in [4.78, 5) is 83.1. The van der Waals surface area contributed by atoms with Crippen molar-refractivity contribution < 1.29 is 160 Å². The number of phenols is 1. The van der Waals surface area contributed by atoms with Crippen LogP contribution in [-0.4, -0.2) is 378 Å². The smallest absolute Gasteiger partial charge is 0.222 e. The van der Waals surface area contributed by atoms with E-state index >= 15 is 0 Å². The maximum absolute atomic E-state index is 14.1. The number of benzene rings is 2. The van der Waals surface area contributed by atoms with Gasteiger partial charge in [-0.1, -0.05) is 25.1 Å². The summed E-state index contributed by atoms with van der Waals surface area (Å²) in [6.07, 6.45) is -12.7. The average molecular weight is 1700 g/mol. The minimum atomic E-state index is -1.47. The molecule has 0 saturated carbocycles. The molecule has 2 unspecified atom stereocenters. The van der Waals surface area contributed by atoms with E-state index in [0.29, 0.717) is 28.3 Å². The fraction of sp³-hybridized carbons (Fsp3) is 0.701. The molecule has 0 spiro atoms. The lowest BCUT2D eigenvalue weighted by Gasteiger charge is -2.42. The van der Waals surface area contributed by atoms with Gasteiger partial charge in [0.1, 0.15) is 60.2 Å². The molecule has 15 N–H and O–H groups in total. The van der Waals surface area contributed by atoms with E-state index in [0.717, 1.165) is 11.5 Å². The molecule has 7 rings (SSSR count). The van der Waals surface area contributed by atoms with Gasteiger partial charge in [-0.2, -0.15) is 0 Å². The Labute approximate surface area is 687 Å². The third kappa shape index (κ3) is 34.4. The molecular weight excluding hydrogens is 1580 g/mol. The van der Waals surface area contributed by atoms with Gasteiger partial charge in [0.25, 0.3) is 0 Å². The summed E-state index contributed by atoms with van der Waals surface area (Å²) in [5.41, 5.74) is 0.551. The molecule has 3 saturated heterocycles. The van der Waals surface area contributed by atoms with Crippen molar-refractivity contribution in [2.45, 2.75) is 139 Å². The molecule has 4 aromatic rings. The first-order valence-electron chi connectivity index (χ1n) is 39.7. The number of carbonyl (C=O) groups is 6. The molecular formula is C77H118FN9O32. The lowest BCUT2D eigenvalue weighted by atomic mass is 9.85. The number of aromatic hydroxyl groups is 1. The SMILES string of the molecule is CC(=O)N[C@H]1[C@H](OCCOCCOCCNC(=O)CCOCC(COCCC(=O)NCCOCCOCCOC2O[C@H](CO)[C@H](O)[C@H](O)[C@H]2C)(COCCC(=O)NCCOCCOCCO[C@@H]2O[C@H](CO)[C@H](O)[C@H](O)[C@H]2C)CC(=O)CNC(=O)CCCOc2ccc3nc(-c4cn(-c5ccc(O)c(F)c5)nn4)ccc3c2)O[C@H](CO)[C@H](O)[C@@H]1O. The van der Waals surface area contributed by atoms with E-state index < -0.39 is 170 Å². The summed E-state index contributed by atoms with van der Waals surface area (Å²) in [6, 6.07) is 11.5. The number of rotatable bonds is 60. The van der Waals surface area contributed by atoms with E-state index in [1.807, 2.05) is 6.07 Å². The topological polar surface area (TPSA) is 556 Å². The van der Waals surface area contributed by atoms with Gasteiger partial charge in [0.2, 0.25) is 29.5 Å². The first-order chi connectivity index (χ1) is 57.4. The van der Waals surface area contributed by atoms with Gasteiger partial charge in [-0.3, -0.25) is 28.8 Å². The van der Waals surface area contributed by atoms with Gasteiger partial charge < -0.3 is 153 Å². The molecule has 0 bridgehead atoms. The van der Waals surface area contributed by atoms with Crippen LogP contribution < -0.4 is 31.3 Å². The molecule has 5 heterocycles. The summed E-state index contributed by atoms with van der Waals surface area (Å²) in [6.45, 7) is 3.73. The van der Waals surface area contributed by atoms with Crippen molar-refractivity contribution >= 4 is 46.2 Å². The number of hydrogen-bond donors (Lipinski definition) is 15. The van der Waals surface area contributed by atoms with Gasteiger partial charge >= 0.3 is 0 Å². The number of ether oxygens (including phenoxy) is 16. The van der Waals surface area contributed by atoms with E-state index in [2.05, 4.69) is 41.9 Å². The summed E-state index contributed by atoms with van der Waals surface area (Å²) in [7, 11) is 0. The van der Waals surface area contributed by atoms with Gasteiger partial charge in [0, 0.05) is 87.4 Å². The number of aliphatic hydroxyl groups excluding tert-OH is 9. The van der Waals surface area contributed by atoms with Gasteiger partial charge in [-0.05, 0) is 42.8 Å². The Morgan fingerprint density at radius 2 is 0.950 bits per heavy atom. The highest BCUT2D eigenvalue weighted by atomic mass is 19.1. The summed E-state index contributed by atoms with van der Waals surface area (Å²) >= 11 is 0. The Bertz CT molecular complexity index is 3560. The van der Waals surface area contributed by atoms with Crippen LogP contribution in [0.1, 0.15) is 59.3 Å². The largest absolute Gasteiger partial charge is 0.505 e. The number of halogens is 1. The van der Waals surface area contributed by atoms with Crippen LogP contribution in [0.3, 0.4) is 0 Å². The summed E-state index contributed by atoms with van der Waals surface area (Å²) < 4.78 is 107. The third-order valence-electron chi connectivity index (χ3n) is 19.1. The normalized spacial score (nSPS) is 23.7. The zero-order valence-corrected chi connectivity index (χ0v) is 67.2. The van der Waals surface area contributed by atoms with Crippen molar-refractivity contribution in [3.8, 4) is 28.6 Å². The van der Waals surface area contributed by atoms with E-state index in [4.69, 9.17) is 75.8 Å². The predicted octanol–water partition coefficient (Wildman–Crippen LogP) is -3.64. The minimum absolute atomic E-state index is 0.0203. The van der Waals surface area contributed by atoms with Crippen molar-refractivity contribution in [3.05, 3.63) is 60.5 Å². The highest BCUT2D eigenvalue weighted by Crippen LogP contribution is 2.31. The standard InChI is InChI=1S/C77H118FN9O32/c1-48-68(98)70(100)60(42-88)117-74(48)114-34-31-107-28-25-104-22-15-79-64(95)12-19-110-45-77(46-111-20-13-65(96)80-16-23-105-26-29-108-32-35-115-75-49(2)69(99)71(101)61(43-89)118-75,47-112-21-14-66(97)81-17-24-106-27-30-109-33-36-116-76-67(83-50(3)91)73(103)72(102)62(44-90)119-76)39-53(92)40-82-63(94)5-4-18-113-54-8-10-56-51(37-54)6-9-57(84-56)58-41-87(86-85-58)52-7-11-59(93)55(78)38-52/h6-11,37-38,41,48-49,60-62,67-76,88-90,93,98-103H,4-5,12-36,39-40,42-47H2,1-3H3,(H,79,95)(H,80,96)(H,81,97)(H,82,94)(H,83,91)/t48-,49-,60-,61-,62-,67-,68-,69-,70+,71+,72+,73-,74-,75?,76-,77?/m1/s1. The fourth-order valence-electron chi connectivity index (χ4n) is 12.4. The van der Waals surface area contributed by atoms with E-state index in [9.17, 15) is 84.2 Å². The molecule has 41 nitrogen and oxygen atoms in total. The molecule has 0 radical (unpaired) electrons. The number of fused-ring (bicyclic) bond motifs is 1. The van der Waals surface area contributed by atoms with Crippen LogP contribution >= 0.6 is 0 Å². The van der Waals surface area contributed by atoms with Gasteiger partial charge in [-0.15, -0.1) is 5.10 Å². The van der Waals surface area contributed by atoms with Crippen LogP contribution in [0.5, 0.6) is 11.5 Å². The van der Waals surface area contributed by atoms with Crippen molar-refractivity contribution in [1.82, 2.24) is 46.6 Å². The molecule has 42 heteroatoms. The van der Waals surface area contributed by atoms with E-state index in [1.165, 1.54) is 23.7 Å². The van der Waals surface area contributed by atoms with Crippen molar-refractivity contribution in [2.75, 3.05) is 191 Å². The second-order valence-electron chi connectivity index (χ2n) is 28.5. The minimum Gasteiger partial charge on any atom is -0.505 e. The molecule has 0 aliphatic carbocycles.